The molecule has 3 rings (SSSR count). The van der Waals surface area contributed by atoms with Gasteiger partial charge in [0.15, 0.2) is 5.69 Å². The number of aromatic nitrogens is 2. The van der Waals surface area contributed by atoms with Crippen LogP contribution in [-0.2, 0) is 15.7 Å². The summed E-state index contributed by atoms with van der Waals surface area (Å²) < 4.78 is 48.2. The largest absolute Gasteiger partial charge is 0.460 e. The highest BCUT2D eigenvalue weighted by molar-refractivity contribution is 5.94. The second kappa shape index (κ2) is 11.0. The summed E-state index contributed by atoms with van der Waals surface area (Å²) in [5, 5.41) is 17.0. The summed E-state index contributed by atoms with van der Waals surface area (Å²) in [6.45, 7) is 6.71. The van der Waals surface area contributed by atoms with Crippen molar-refractivity contribution in [1.29, 1.82) is 0 Å². The second-order valence-corrected chi connectivity index (χ2v) is 10.4. The van der Waals surface area contributed by atoms with Crippen LogP contribution in [0.4, 0.5) is 13.2 Å². The zero-order valence-corrected chi connectivity index (χ0v) is 21.1. The Morgan fingerprint density at radius 2 is 1.83 bits per heavy atom. The lowest BCUT2D eigenvalue weighted by atomic mass is 10.0. The molecule has 2 atom stereocenters. The molecular weight excluding hydrogens is 475 g/mol. The molecule has 1 aliphatic carbocycles. The molecule has 0 spiro atoms. The van der Waals surface area contributed by atoms with Gasteiger partial charge < -0.3 is 15.2 Å². The number of halogens is 3. The lowest BCUT2D eigenvalue weighted by Crippen LogP contribution is -2.40. The topological polar surface area (TPSA) is 93.5 Å². The monoisotopic (exact) mass is 509 g/mol. The van der Waals surface area contributed by atoms with Crippen LogP contribution in [0.15, 0.2) is 30.3 Å². The predicted molar refractivity (Wildman–Crippen MR) is 128 cm³/mol. The number of nitrogens with zero attached hydrogens (tertiary/aromatic N) is 2. The van der Waals surface area contributed by atoms with Gasteiger partial charge in [0.2, 0.25) is 0 Å². The molecule has 0 aliphatic heterocycles. The first-order valence-corrected chi connectivity index (χ1v) is 12.2. The molecule has 0 radical (unpaired) electrons. The summed E-state index contributed by atoms with van der Waals surface area (Å²) in [7, 11) is 0. The van der Waals surface area contributed by atoms with Crippen LogP contribution in [0.1, 0.15) is 88.3 Å². The maximum Gasteiger partial charge on any atom is 0.417 e. The molecule has 7 nitrogen and oxygen atoms in total. The van der Waals surface area contributed by atoms with Gasteiger partial charge in [-0.1, -0.05) is 31.0 Å². The van der Waals surface area contributed by atoms with E-state index in [0.29, 0.717) is 0 Å². The van der Waals surface area contributed by atoms with E-state index in [-0.39, 0.29) is 35.8 Å². The zero-order chi connectivity index (χ0) is 26.7. The summed E-state index contributed by atoms with van der Waals surface area (Å²) in [6, 6.07) is 5.76. The van der Waals surface area contributed by atoms with Crippen molar-refractivity contribution in [2.45, 2.75) is 96.2 Å². The third-order valence-electron chi connectivity index (χ3n) is 5.94. The van der Waals surface area contributed by atoms with Crippen molar-refractivity contribution in [2.24, 2.45) is 0 Å². The molecule has 0 saturated heterocycles. The Morgan fingerprint density at radius 1 is 1.19 bits per heavy atom. The van der Waals surface area contributed by atoms with Gasteiger partial charge in [0.25, 0.3) is 5.91 Å². The van der Waals surface area contributed by atoms with Gasteiger partial charge in [-0.05, 0) is 59.1 Å². The molecule has 1 aliphatic rings. The quantitative estimate of drug-likeness (QED) is 0.472. The fourth-order valence-corrected chi connectivity index (χ4v) is 4.54. The number of hydrogen-bond donors (Lipinski definition) is 2. The molecule has 2 N–H and O–H groups in total. The van der Waals surface area contributed by atoms with Gasteiger partial charge in [-0.3, -0.25) is 14.3 Å². The van der Waals surface area contributed by atoms with Crippen molar-refractivity contribution in [1.82, 2.24) is 15.1 Å². The van der Waals surface area contributed by atoms with Crippen molar-refractivity contribution in [3.8, 4) is 11.3 Å². The third kappa shape index (κ3) is 7.32. The number of rotatable bonds is 8. The number of carbonyl (C=O) groups is 2. The molecule has 36 heavy (non-hydrogen) atoms. The minimum absolute atomic E-state index is 0.0438. The molecule has 0 unspecified atom stereocenters. The number of carbonyl (C=O) groups excluding carboxylic acids is 2. The van der Waals surface area contributed by atoms with E-state index in [1.54, 1.807) is 20.8 Å². The van der Waals surface area contributed by atoms with Gasteiger partial charge in [-0.15, -0.1) is 0 Å². The summed E-state index contributed by atoms with van der Waals surface area (Å²) in [5.74, 6) is -1.17. The molecule has 1 aromatic carbocycles. The Bertz CT molecular complexity index is 1070. The molecule has 1 aromatic heterocycles. The van der Waals surface area contributed by atoms with Crippen LogP contribution in [0, 0.1) is 0 Å². The maximum absolute atomic E-state index is 13.8. The van der Waals surface area contributed by atoms with Gasteiger partial charge in [0.05, 0.1) is 29.8 Å². The Balaban J connectivity index is 1.93. The molecule has 1 amide bonds. The summed E-state index contributed by atoms with van der Waals surface area (Å²) in [4.78, 5) is 25.5. The van der Waals surface area contributed by atoms with E-state index in [0.717, 1.165) is 31.7 Å². The fourth-order valence-electron chi connectivity index (χ4n) is 4.54. The van der Waals surface area contributed by atoms with Crippen molar-refractivity contribution < 1.29 is 32.6 Å². The average molecular weight is 510 g/mol. The number of amides is 1. The molecule has 1 fully saturated rings. The van der Waals surface area contributed by atoms with Crippen LogP contribution in [0.2, 0.25) is 0 Å². The summed E-state index contributed by atoms with van der Waals surface area (Å²) in [5.41, 5.74) is -1.38. The molecule has 0 bridgehead atoms. The van der Waals surface area contributed by atoms with Crippen molar-refractivity contribution >= 4 is 11.9 Å². The van der Waals surface area contributed by atoms with E-state index < -0.39 is 41.4 Å². The van der Waals surface area contributed by atoms with E-state index in [4.69, 9.17) is 4.74 Å². The van der Waals surface area contributed by atoms with Crippen LogP contribution >= 0.6 is 0 Å². The number of ether oxygens (including phenoxy) is 1. The number of aliphatic hydroxyl groups is 1. The summed E-state index contributed by atoms with van der Waals surface area (Å²) >= 11 is 0. The van der Waals surface area contributed by atoms with E-state index in [2.05, 4.69) is 10.4 Å². The highest BCUT2D eigenvalue weighted by atomic mass is 19.4. The first-order valence-electron chi connectivity index (χ1n) is 12.2. The van der Waals surface area contributed by atoms with E-state index in [1.165, 1.54) is 35.9 Å². The Kier molecular flexibility index (Phi) is 8.48. The first-order chi connectivity index (χ1) is 16.7. The van der Waals surface area contributed by atoms with Crippen molar-refractivity contribution in [3.63, 3.8) is 0 Å². The van der Waals surface area contributed by atoms with Crippen LogP contribution in [0.5, 0.6) is 0 Å². The van der Waals surface area contributed by atoms with Crippen LogP contribution in [0.25, 0.3) is 11.3 Å². The molecule has 1 saturated carbocycles. The maximum atomic E-state index is 13.8. The molecule has 2 aromatic rings. The van der Waals surface area contributed by atoms with Crippen molar-refractivity contribution in [2.75, 3.05) is 0 Å². The minimum atomic E-state index is -4.57. The van der Waals surface area contributed by atoms with E-state index >= 15 is 0 Å². The van der Waals surface area contributed by atoms with Crippen LogP contribution in [-0.4, -0.2) is 44.5 Å². The van der Waals surface area contributed by atoms with Gasteiger partial charge >= 0.3 is 12.1 Å². The molecule has 198 valence electrons. The van der Waals surface area contributed by atoms with Gasteiger partial charge in [0.1, 0.15) is 5.60 Å². The normalized spacial score (nSPS) is 16.6. The van der Waals surface area contributed by atoms with Gasteiger partial charge in [-0.2, -0.15) is 18.3 Å². The van der Waals surface area contributed by atoms with Gasteiger partial charge in [-0.25, -0.2) is 0 Å². The lowest BCUT2D eigenvalue weighted by Gasteiger charge is -2.23. The Morgan fingerprint density at radius 3 is 2.42 bits per heavy atom. The zero-order valence-electron chi connectivity index (χ0n) is 21.1. The van der Waals surface area contributed by atoms with Crippen LogP contribution < -0.4 is 5.32 Å². The first kappa shape index (κ1) is 27.7. The van der Waals surface area contributed by atoms with Crippen LogP contribution in [0.3, 0.4) is 0 Å². The average Bonchev–Trinajstić information content (AvgIpc) is 3.41. The summed E-state index contributed by atoms with van der Waals surface area (Å²) in [6.07, 6.45) is -2.07. The smallest absolute Gasteiger partial charge is 0.417 e. The van der Waals surface area contributed by atoms with Gasteiger partial charge in [0, 0.05) is 11.6 Å². The van der Waals surface area contributed by atoms with E-state index in [1.807, 2.05) is 0 Å². The van der Waals surface area contributed by atoms with Crippen molar-refractivity contribution in [3.05, 3.63) is 41.6 Å². The Labute approximate surface area is 209 Å². The number of esters is 1. The SMILES string of the molecule is C[C@@H](O)C[C@@H](CC(=O)OC(C)(C)C)NC(=O)c1cc(-c2ccccc2C(F)(F)F)n(C2CCCC2)n1. The Hall–Kier alpha value is -2.88. The third-order valence-corrected chi connectivity index (χ3v) is 5.94. The minimum Gasteiger partial charge on any atom is -0.460 e. The number of alkyl halides is 3. The standard InChI is InChI=1S/C26H34F3N3O4/c1-16(33)13-17(14-23(34)36-25(2,3)4)30-24(35)21-15-22(32(31-21)18-9-5-6-10-18)19-11-7-8-12-20(19)26(27,28)29/h7-8,11-12,15-18,33H,5-6,9-10,13-14H2,1-4H3,(H,30,35)/t16-,17+/m1/s1. The highest BCUT2D eigenvalue weighted by Crippen LogP contribution is 2.40. The highest BCUT2D eigenvalue weighted by Gasteiger charge is 2.35. The predicted octanol–water partition coefficient (Wildman–Crippen LogP) is 5.29. The fraction of sp³-hybridized carbons (Fsp3) is 0.577. The van der Waals surface area contributed by atoms with E-state index in [9.17, 15) is 27.9 Å². The molecular formula is C26H34F3N3O4. The number of nitrogens with one attached hydrogen (secondary N) is 1. The second-order valence-electron chi connectivity index (χ2n) is 10.4. The number of aliphatic hydroxyl groups excluding tert-OH is 1. The number of benzene rings is 1. The lowest BCUT2D eigenvalue weighted by molar-refractivity contribution is -0.155. The number of hydrogen-bond acceptors (Lipinski definition) is 5. The molecule has 10 heteroatoms. The molecule has 1 heterocycles.